The fourth-order valence-electron chi connectivity index (χ4n) is 2.29. The van der Waals surface area contributed by atoms with Crippen LogP contribution in [0.4, 0.5) is 11.4 Å². The number of aromatic hydroxyl groups is 1. The molecule has 0 saturated carbocycles. The summed E-state index contributed by atoms with van der Waals surface area (Å²) in [6.07, 6.45) is 1.41. The molecule has 0 aliphatic carbocycles. The SMILES string of the molecule is CCN(CC)c1ccc(C=NNC(=O)c2ccc(N)cc2)c(O)c1. The number of nitrogens with two attached hydrogens (primary N) is 1. The van der Waals surface area contributed by atoms with E-state index in [0.717, 1.165) is 18.8 Å². The molecule has 0 spiro atoms. The van der Waals surface area contributed by atoms with E-state index in [0.29, 0.717) is 16.8 Å². The van der Waals surface area contributed by atoms with Gasteiger partial charge in [0, 0.05) is 41.7 Å². The van der Waals surface area contributed by atoms with E-state index < -0.39 is 0 Å². The molecule has 0 bridgehead atoms. The first-order valence-electron chi connectivity index (χ1n) is 7.82. The second kappa shape index (κ2) is 8.01. The maximum atomic E-state index is 11.9. The molecule has 0 unspecified atom stereocenters. The Balaban J connectivity index is 2.03. The van der Waals surface area contributed by atoms with Crippen molar-refractivity contribution in [3.63, 3.8) is 0 Å². The Morgan fingerprint density at radius 2 is 1.88 bits per heavy atom. The summed E-state index contributed by atoms with van der Waals surface area (Å²) in [7, 11) is 0. The third-order valence-electron chi connectivity index (χ3n) is 3.69. The number of benzene rings is 2. The summed E-state index contributed by atoms with van der Waals surface area (Å²) in [5.41, 5.74) is 10.5. The molecule has 0 fully saturated rings. The van der Waals surface area contributed by atoms with Crippen LogP contribution in [-0.4, -0.2) is 30.3 Å². The number of nitrogens with one attached hydrogen (secondary N) is 1. The number of amides is 1. The minimum absolute atomic E-state index is 0.116. The monoisotopic (exact) mass is 326 g/mol. The van der Waals surface area contributed by atoms with Crippen molar-refractivity contribution in [3.05, 3.63) is 53.6 Å². The number of carbonyl (C=O) groups is 1. The second-order valence-electron chi connectivity index (χ2n) is 5.24. The summed E-state index contributed by atoms with van der Waals surface area (Å²) in [5.74, 6) is -0.226. The molecule has 2 aromatic carbocycles. The van der Waals surface area contributed by atoms with Gasteiger partial charge in [0.2, 0.25) is 0 Å². The average molecular weight is 326 g/mol. The number of hydrazone groups is 1. The molecule has 0 aliphatic rings. The van der Waals surface area contributed by atoms with Crippen molar-refractivity contribution < 1.29 is 9.90 Å². The molecular formula is C18H22N4O2. The largest absolute Gasteiger partial charge is 0.507 e. The molecule has 4 N–H and O–H groups in total. The first kappa shape index (κ1) is 17.3. The molecule has 0 atom stereocenters. The lowest BCUT2D eigenvalue weighted by Gasteiger charge is -2.21. The highest BCUT2D eigenvalue weighted by Gasteiger charge is 2.06. The Bertz CT molecular complexity index is 722. The zero-order chi connectivity index (χ0) is 17.5. The zero-order valence-electron chi connectivity index (χ0n) is 13.9. The lowest BCUT2D eigenvalue weighted by molar-refractivity contribution is 0.0955. The smallest absolute Gasteiger partial charge is 0.271 e. The second-order valence-corrected chi connectivity index (χ2v) is 5.24. The van der Waals surface area contributed by atoms with E-state index in [1.165, 1.54) is 6.21 Å². The number of nitrogens with zero attached hydrogens (tertiary/aromatic N) is 2. The Morgan fingerprint density at radius 1 is 1.21 bits per heavy atom. The first-order chi connectivity index (χ1) is 11.5. The van der Waals surface area contributed by atoms with Crippen LogP contribution in [-0.2, 0) is 0 Å². The van der Waals surface area contributed by atoms with Crippen molar-refractivity contribution in [2.45, 2.75) is 13.8 Å². The number of rotatable bonds is 6. The molecule has 0 heterocycles. The number of nitrogen functional groups attached to an aromatic ring is 1. The van der Waals surface area contributed by atoms with Gasteiger partial charge < -0.3 is 15.7 Å². The third kappa shape index (κ3) is 4.25. The van der Waals surface area contributed by atoms with Crippen molar-refractivity contribution in [2.24, 2.45) is 5.10 Å². The highest BCUT2D eigenvalue weighted by molar-refractivity contribution is 5.95. The summed E-state index contributed by atoms with van der Waals surface area (Å²) < 4.78 is 0. The number of carbonyl (C=O) groups excluding carboxylic acids is 1. The quantitative estimate of drug-likeness (QED) is 0.432. The van der Waals surface area contributed by atoms with Crippen LogP contribution in [0.1, 0.15) is 29.8 Å². The van der Waals surface area contributed by atoms with Gasteiger partial charge in [0.05, 0.1) is 6.21 Å². The van der Waals surface area contributed by atoms with Gasteiger partial charge in [0.15, 0.2) is 0 Å². The molecule has 2 rings (SSSR count). The van der Waals surface area contributed by atoms with Crippen LogP contribution in [0.5, 0.6) is 5.75 Å². The molecule has 6 nitrogen and oxygen atoms in total. The fraction of sp³-hybridized carbons (Fsp3) is 0.222. The number of hydrogen-bond acceptors (Lipinski definition) is 5. The van der Waals surface area contributed by atoms with Crippen LogP contribution in [0.25, 0.3) is 0 Å². The van der Waals surface area contributed by atoms with Gasteiger partial charge in [0.1, 0.15) is 5.75 Å². The predicted molar refractivity (Wildman–Crippen MR) is 97.6 cm³/mol. The Morgan fingerprint density at radius 3 is 2.46 bits per heavy atom. The van der Waals surface area contributed by atoms with Gasteiger partial charge in [-0.1, -0.05) is 0 Å². The van der Waals surface area contributed by atoms with Crippen LogP contribution in [0.3, 0.4) is 0 Å². The summed E-state index contributed by atoms with van der Waals surface area (Å²) in [4.78, 5) is 14.0. The van der Waals surface area contributed by atoms with Crippen molar-refractivity contribution in [3.8, 4) is 5.75 Å². The van der Waals surface area contributed by atoms with Gasteiger partial charge in [-0.05, 0) is 50.2 Å². The Kier molecular flexibility index (Phi) is 5.78. The summed E-state index contributed by atoms with van der Waals surface area (Å²) in [5, 5.41) is 14.0. The van der Waals surface area contributed by atoms with E-state index in [4.69, 9.17) is 5.73 Å². The molecule has 0 aromatic heterocycles. The Labute approximate surface area is 141 Å². The molecule has 6 heteroatoms. The van der Waals surface area contributed by atoms with E-state index in [-0.39, 0.29) is 11.7 Å². The van der Waals surface area contributed by atoms with Crippen LogP contribution < -0.4 is 16.1 Å². The maximum absolute atomic E-state index is 11.9. The van der Waals surface area contributed by atoms with Crippen LogP contribution >= 0.6 is 0 Å². The highest BCUT2D eigenvalue weighted by Crippen LogP contribution is 2.23. The number of anilines is 2. The van der Waals surface area contributed by atoms with Crippen molar-refractivity contribution >= 4 is 23.5 Å². The average Bonchev–Trinajstić information content (AvgIpc) is 2.58. The molecule has 0 saturated heterocycles. The van der Waals surface area contributed by atoms with Crippen molar-refractivity contribution in [2.75, 3.05) is 23.7 Å². The minimum Gasteiger partial charge on any atom is -0.507 e. The van der Waals surface area contributed by atoms with Gasteiger partial charge in [-0.15, -0.1) is 0 Å². The van der Waals surface area contributed by atoms with Gasteiger partial charge >= 0.3 is 0 Å². The lowest BCUT2D eigenvalue weighted by atomic mass is 10.2. The molecule has 24 heavy (non-hydrogen) atoms. The molecular weight excluding hydrogens is 304 g/mol. The van der Waals surface area contributed by atoms with Crippen LogP contribution in [0, 0.1) is 0 Å². The van der Waals surface area contributed by atoms with E-state index in [1.807, 2.05) is 6.07 Å². The van der Waals surface area contributed by atoms with E-state index in [1.54, 1.807) is 36.4 Å². The van der Waals surface area contributed by atoms with Gasteiger partial charge in [-0.3, -0.25) is 4.79 Å². The Hall–Kier alpha value is -3.02. The molecule has 126 valence electrons. The van der Waals surface area contributed by atoms with Gasteiger partial charge in [-0.25, -0.2) is 5.43 Å². The summed E-state index contributed by atoms with van der Waals surface area (Å²) in [6.45, 7) is 5.84. The van der Waals surface area contributed by atoms with E-state index in [2.05, 4.69) is 29.3 Å². The normalized spacial score (nSPS) is 10.8. The lowest BCUT2D eigenvalue weighted by Crippen LogP contribution is -2.21. The van der Waals surface area contributed by atoms with Crippen molar-refractivity contribution in [1.82, 2.24) is 5.43 Å². The number of phenols is 1. The summed E-state index contributed by atoms with van der Waals surface area (Å²) in [6, 6.07) is 11.9. The molecule has 0 radical (unpaired) electrons. The number of hydrogen-bond donors (Lipinski definition) is 3. The fourth-order valence-corrected chi connectivity index (χ4v) is 2.29. The molecule has 1 amide bonds. The highest BCUT2D eigenvalue weighted by atomic mass is 16.3. The standard InChI is InChI=1S/C18H22N4O2/c1-3-22(4-2)16-10-7-14(17(23)11-16)12-20-21-18(24)13-5-8-15(19)9-6-13/h5-12,23H,3-4,19H2,1-2H3,(H,21,24). The predicted octanol–water partition coefficient (Wildman–Crippen LogP) is 2.58. The molecule has 2 aromatic rings. The molecule has 0 aliphatic heterocycles. The van der Waals surface area contributed by atoms with E-state index in [9.17, 15) is 9.90 Å². The van der Waals surface area contributed by atoms with Gasteiger partial charge in [-0.2, -0.15) is 5.10 Å². The van der Waals surface area contributed by atoms with Crippen molar-refractivity contribution in [1.29, 1.82) is 0 Å². The zero-order valence-corrected chi connectivity index (χ0v) is 13.9. The van der Waals surface area contributed by atoms with Gasteiger partial charge in [0.25, 0.3) is 5.91 Å². The van der Waals surface area contributed by atoms with Crippen LogP contribution in [0.15, 0.2) is 47.6 Å². The number of phenolic OH excluding ortho intramolecular Hbond substituents is 1. The summed E-state index contributed by atoms with van der Waals surface area (Å²) >= 11 is 0. The topological polar surface area (TPSA) is 91.0 Å². The maximum Gasteiger partial charge on any atom is 0.271 e. The minimum atomic E-state index is -0.342. The van der Waals surface area contributed by atoms with E-state index >= 15 is 0 Å². The first-order valence-corrected chi connectivity index (χ1v) is 7.82. The van der Waals surface area contributed by atoms with Crippen LogP contribution in [0.2, 0.25) is 0 Å². The third-order valence-corrected chi connectivity index (χ3v) is 3.69.